The fraction of sp³-hybridized carbons (Fsp3) is 0.500. The molecule has 1 unspecified atom stereocenters. The van der Waals surface area contributed by atoms with Gasteiger partial charge in [0.2, 0.25) is 15.9 Å². The lowest BCUT2D eigenvalue weighted by Gasteiger charge is -2.34. The Bertz CT molecular complexity index is 1020. The number of amides is 1. The maximum absolute atomic E-state index is 12.7. The summed E-state index contributed by atoms with van der Waals surface area (Å²) in [6.07, 6.45) is 0.785. The van der Waals surface area contributed by atoms with Crippen molar-refractivity contribution >= 4 is 27.3 Å². The first-order valence-corrected chi connectivity index (χ1v) is 13.4. The molecule has 3 heterocycles. The molecule has 2 aromatic rings. The number of ether oxygens (including phenoxy) is 3. The van der Waals surface area contributed by atoms with Crippen molar-refractivity contribution in [2.75, 3.05) is 52.6 Å². The highest BCUT2D eigenvalue weighted by Gasteiger charge is 2.24. The molecule has 0 aliphatic carbocycles. The first-order chi connectivity index (χ1) is 16.0. The molecule has 0 radical (unpaired) electrons. The number of hydrogen-bond donors (Lipinski definition) is 2. The summed E-state index contributed by atoms with van der Waals surface area (Å²) in [6.45, 7) is 4.46. The van der Waals surface area contributed by atoms with Crippen molar-refractivity contribution < 1.29 is 27.4 Å². The molecule has 0 spiro atoms. The highest BCUT2D eigenvalue weighted by molar-refractivity contribution is 7.89. The number of thiophene rings is 1. The first-order valence-electron chi connectivity index (χ1n) is 11.0. The summed E-state index contributed by atoms with van der Waals surface area (Å²) in [5, 5.41) is 4.98. The van der Waals surface area contributed by atoms with Gasteiger partial charge in [0.05, 0.1) is 37.4 Å². The smallest absolute Gasteiger partial charge is 0.240 e. The average molecular weight is 496 g/mol. The van der Waals surface area contributed by atoms with Gasteiger partial charge in [0.1, 0.15) is 0 Å². The molecule has 1 fully saturated rings. The number of rotatable bonds is 9. The van der Waals surface area contributed by atoms with Crippen molar-refractivity contribution in [1.29, 1.82) is 0 Å². The zero-order valence-corrected chi connectivity index (χ0v) is 20.0. The molecule has 1 aromatic carbocycles. The third-order valence-electron chi connectivity index (χ3n) is 5.52. The van der Waals surface area contributed by atoms with Gasteiger partial charge in [0, 0.05) is 50.0 Å². The van der Waals surface area contributed by atoms with Crippen LogP contribution in [-0.2, 0) is 19.6 Å². The number of carbonyl (C=O) groups is 1. The highest BCUT2D eigenvalue weighted by Crippen LogP contribution is 2.31. The average Bonchev–Trinajstić information content (AvgIpc) is 3.24. The lowest BCUT2D eigenvalue weighted by atomic mass is 10.2. The standard InChI is InChI=1S/C22H29N3O6S2/c26-22(23-16-18(21-3-1-14-32-21)25-8-12-29-13-9-25)6-7-24-33(27,28)17-4-5-19-20(15-17)31-11-2-10-30-19/h1,3-5,14-15,18,24H,2,6-13,16H2,(H,23,26). The molecule has 1 amide bonds. The predicted molar refractivity (Wildman–Crippen MR) is 124 cm³/mol. The molecule has 11 heteroatoms. The molecule has 1 atom stereocenters. The SMILES string of the molecule is O=C(CCNS(=O)(=O)c1ccc2c(c1)OCCCO2)NCC(c1cccs1)N1CCOCC1. The third-order valence-corrected chi connectivity index (χ3v) is 7.96. The Morgan fingerprint density at radius 2 is 1.88 bits per heavy atom. The zero-order valence-electron chi connectivity index (χ0n) is 18.3. The van der Waals surface area contributed by atoms with Gasteiger partial charge >= 0.3 is 0 Å². The van der Waals surface area contributed by atoms with E-state index in [2.05, 4.69) is 21.0 Å². The Labute approximate surface area is 198 Å². The van der Waals surface area contributed by atoms with Crippen LogP contribution >= 0.6 is 11.3 Å². The van der Waals surface area contributed by atoms with Crippen LogP contribution in [0, 0.1) is 0 Å². The molecule has 1 saturated heterocycles. The first kappa shape index (κ1) is 24.0. The topological polar surface area (TPSA) is 106 Å². The number of nitrogens with one attached hydrogen (secondary N) is 2. The largest absolute Gasteiger partial charge is 0.490 e. The minimum absolute atomic E-state index is 0.00380. The second-order valence-corrected chi connectivity index (χ2v) is 10.5. The van der Waals surface area contributed by atoms with Gasteiger partial charge in [-0.1, -0.05) is 6.07 Å². The Kier molecular flexibility index (Phi) is 8.20. The molecule has 4 rings (SSSR count). The molecule has 9 nitrogen and oxygen atoms in total. The predicted octanol–water partition coefficient (Wildman–Crippen LogP) is 1.77. The second kappa shape index (κ2) is 11.3. The Balaban J connectivity index is 1.28. The van der Waals surface area contributed by atoms with E-state index in [0.717, 1.165) is 19.5 Å². The number of fused-ring (bicyclic) bond motifs is 1. The van der Waals surface area contributed by atoms with Gasteiger partial charge in [0.15, 0.2) is 11.5 Å². The minimum atomic E-state index is -3.77. The van der Waals surface area contributed by atoms with Crippen molar-refractivity contribution in [1.82, 2.24) is 14.9 Å². The summed E-state index contributed by atoms with van der Waals surface area (Å²) in [6, 6.07) is 8.68. The van der Waals surface area contributed by atoms with E-state index >= 15 is 0 Å². The van der Waals surface area contributed by atoms with Crippen molar-refractivity contribution in [3.05, 3.63) is 40.6 Å². The second-order valence-electron chi connectivity index (χ2n) is 7.79. The van der Waals surface area contributed by atoms with Crippen LogP contribution in [-0.4, -0.2) is 71.8 Å². The van der Waals surface area contributed by atoms with Crippen molar-refractivity contribution in [3.8, 4) is 11.5 Å². The lowest BCUT2D eigenvalue weighted by Crippen LogP contribution is -2.43. The molecule has 2 aliphatic heterocycles. The van der Waals surface area contributed by atoms with Crippen LogP contribution in [0.15, 0.2) is 40.6 Å². The molecular weight excluding hydrogens is 466 g/mol. The lowest BCUT2D eigenvalue weighted by molar-refractivity contribution is -0.121. The molecular formula is C22H29N3O6S2. The molecule has 0 saturated carbocycles. The highest BCUT2D eigenvalue weighted by atomic mass is 32.2. The van der Waals surface area contributed by atoms with Crippen molar-refractivity contribution in [3.63, 3.8) is 0 Å². The van der Waals surface area contributed by atoms with E-state index in [0.29, 0.717) is 44.5 Å². The van der Waals surface area contributed by atoms with Crippen LogP contribution in [0.4, 0.5) is 0 Å². The summed E-state index contributed by atoms with van der Waals surface area (Å²) >= 11 is 1.66. The molecule has 180 valence electrons. The number of carbonyl (C=O) groups excluding carboxylic acids is 1. The Morgan fingerprint density at radius 1 is 1.09 bits per heavy atom. The Hall–Kier alpha value is -2.18. The molecule has 2 aliphatic rings. The fourth-order valence-corrected chi connectivity index (χ4v) is 5.68. The van der Waals surface area contributed by atoms with E-state index < -0.39 is 10.0 Å². The van der Waals surface area contributed by atoms with E-state index in [9.17, 15) is 13.2 Å². The summed E-state index contributed by atoms with van der Waals surface area (Å²) in [5.41, 5.74) is 0. The van der Waals surface area contributed by atoms with Crippen molar-refractivity contribution in [2.24, 2.45) is 0 Å². The number of nitrogens with zero attached hydrogens (tertiary/aromatic N) is 1. The van der Waals surface area contributed by atoms with Crippen LogP contribution < -0.4 is 19.5 Å². The number of benzene rings is 1. The van der Waals surface area contributed by atoms with Crippen molar-refractivity contribution in [2.45, 2.75) is 23.8 Å². The Morgan fingerprint density at radius 3 is 2.64 bits per heavy atom. The van der Waals surface area contributed by atoms with E-state index in [1.165, 1.54) is 17.0 Å². The molecule has 1 aromatic heterocycles. The van der Waals surface area contributed by atoms with Gasteiger partial charge in [-0.3, -0.25) is 9.69 Å². The van der Waals surface area contributed by atoms with E-state index in [4.69, 9.17) is 14.2 Å². The summed E-state index contributed by atoms with van der Waals surface area (Å²) in [5.74, 6) is 0.744. The van der Waals surface area contributed by atoms with Gasteiger partial charge in [-0.2, -0.15) is 0 Å². The maximum Gasteiger partial charge on any atom is 0.240 e. The number of sulfonamides is 1. The van der Waals surface area contributed by atoms with Gasteiger partial charge in [-0.15, -0.1) is 11.3 Å². The third kappa shape index (κ3) is 6.45. The van der Waals surface area contributed by atoms with Gasteiger partial charge < -0.3 is 19.5 Å². The van der Waals surface area contributed by atoms with Crippen LogP contribution in [0.1, 0.15) is 23.8 Å². The fourth-order valence-electron chi connectivity index (χ4n) is 3.77. The van der Waals surface area contributed by atoms with Gasteiger partial charge in [0.25, 0.3) is 0 Å². The van der Waals surface area contributed by atoms with E-state index in [1.807, 2.05) is 11.4 Å². The van der Waals surface area contributed by atoms with Crippen LogP contribution in [0.2, 0.25) is 0 Å². The quantitative estimate of drug-likeness (QED) is 0.546. The molecule has 2 N–H and O–H groups in total. The van der Waals surface area contributed by atoms with Crippen LogP contribution in [0.3, 0.4) is 0 Å². The zero-order chi connectivity index (χ0) is 23.1. The monoisotopic (exact) mass is 495 g/mol. The van der Waals surface area contributed by atoms with E-state index in [-0.39, 0.29) is 29.8 Å². The summed E-state index contributed by atoms with van der Waals surface area (Å²) in [4.78, 5) is 16.0. The maximum atomic E-state index is 12.7. The number of morpholine rings is 1. The minimum Gasteiger partial charge on any atom is -0.490 e. The summed E-state index contributed by atoms with van der Waals surface area (Å²) < 4.78 is 44.4. The normalized spacial score (nSPS) is 17.8. The van der Waals surface area contributed by atoms with Gasteiger partial charge in [-0.25, -0.2) is 13.1 Å². The van der Waals surface area contributed by atoms with Gasteiger partial charge in [-0.05, 0) is 23.6 Å². The van der Waals surface area contributed by atoms with Crippen LogP contribution in [0.5, 0.6) is 11.5 Å². The molecule has 33 heavy (non-hydrogen) atoms. The van der Waals surface area contributed by atoms with E-state index in [1.54, 1.807) is 17.4 Å². The van der Waals surface area contributed by atoms with Crippen LogP contribution in [0.25, 0.3) is 0 Å². The summed E-state index contributed by atoms with van der Waals surface area (Å²) in [7, 11) is -3.77. The number of hydrogen-bond acceptors (Lipinski definition) is 8. The molecule has 0 bridgehead atoms.